The summed E-state index contributed by atoms with van der Waals surface area (Å²) in [6, 6.07) is 7.86. The smallest absolute Gasteiger partial charge is 0.414 e. The molecular weight excluding hydrogens is 270 g/mol. The zero-order valence-corrected chi connectivity index (χ0v) is 11.8. The van der Waals surface area contributed by atoms with Crippen LogP contribution in [0, 0.1) is 12.3 Å². The molecule has 0 N–H and O–H groups in total. The highest BCUT2D eigenvalue weighted by atomic mass is 16.7. The van der Waals surface area contributed by atoms with Gasteiger partial charge < -0.3 is 9.47 Å². The quantitative estimate of drug-likeness (QED) is 0.473. The van der Waals surface area contributed by atoms with Gasteiger partial charge in [0.2, 0.25) is 6.29 Å². The third-order valence-corrected chi connectivity index (χ3v) is 3.49. The summed E-state index contributed by atoms with van der Waals surface area (Å²) in [4.78, 5) is 24.0. The zero-order valence-electron chi connectivity index (χ0n) is 11.8. The van der Waals surface area contributed by atoms with Crippen LogP contribution in [0.5, 0.6) is 0 Å². The lowest BCUT2D eigenvalue weighted by molar-refractivity contribution is -0.150. The molecule has 0 spiro atoms. The molecule has 5 heteroatoms. The Hall–Kier alpha value is -2.48. The Balaban J connectivity index is 2.15. The van der Waals surface area contributed by atoms with Crippen LogP contribution in [-0.4, -0.2) is 30.3 Å². The number of ether oxygens (including phenoxy) is 2. The van der Waals surface area contributed by atoms with E-state index in [4.69, 9.17) is 11.2 Å². The zero-order chi connectivity index (χ0) is 15.2. The van der Waals surface area contributed by atoms with Crippen LogP contribution in [0.4, 0.5) is 4.79 Å². The summed E-state index contributed by atoms with van der Waals surface area (Å²) in [5.74, 6) is 2.48. The lowest BCUT2D eigenvalue weighted by Gasteiger charge is -2.28. The van der Waals surface area contributed by atoms with Gasteiger partial charge in [0.05, 0.1) is 12.6 Å². The van der Waals surface area contributed by atoms with Gasteiger partial charge in [-0.05, 0) is 24.0 Å². The molecule has 0 saturated heterocycles. The van der Waals surface area contributed by atoms with Gasteiger partial charge in [0.15, 0.2) is 0 Å². The first-order valence-electron chi connectivity index (χ1n) is 6.75. The maximum Gasteiger partial charge on any atom is 0.414 e. The maximum atomic E-state index is 12.2. The van der Waals surface area contributed by atoms with Gasteiger partial charge in [-0.15, -0.1) is 6.42 Å². The molecule has 1 aliphatic carbocycles. The second-order valence-corrected chi connectivity index (χ2v) is 4.77. The van der Waals surface area contributed by atoms with E-state index in [1.54, 1.807) is 0 Å². The van der Waals surface area contributed by atoms with E-state index in [-0.39, 0.29) is 19.1 Å². The van der Waals surface area contributed by atoms with Gasteiger partial charge in [0.1, 0.15) is 0 Å². The van der Waals surface area contributed by atoms with Crippen LogP contribution >= 0.6 is 0 Å². The highest BCUT2D eigenvalue weighted by Gasteiger charge is 2.32. The number of fused-ring (bicyclic) bond motifs is 1. The van der Waals surface area contributed by atoms with E-state index in [9.17, 15) is 9.59 Å². The molecule has 1 amide bonds. The van der Waals surface area contributed by atoms with Gasteiger partial charge >= 0.3 is 6.09 Å². The highest BCUT2D eigenvalue weighted by molar-refractivity contribution is 5.69. The van der Waals surface area contributed by atoms with Crippen LogP contribution in [0.2, 0.25) is 0 Å². The van der Waals surface area contributed by atoms with E-state index in [1.165, 1.54) is 17.4 Å². The minimum Gasteiger partial charge on any atom is -0.428 e. The molecule has 2 unspecified atom stereocenters. The number of nitrogens with zero attached hydrogens (tertiary/aromatic N) is 1. The number of aryl methyl sites for hydroxylation is 1. The van der Waals surface area contributed by atoms with Crippen molar-refractivity contribution in [3.8, 4) is 12.3 Å². The summed E-state index contributed by atoms with van der Waals surface area (Å²) in [5.41, 5.74) is 2.31. The average Bonchev–Trinajstić information content (AvgIpc) is 2.88. The minimum absolute atomic E-state index is 0.104. The Morgan fingerprint density at radius 3 is 3.05 bits per heavy atom. The number of terminal acetylenes is 1. The Morgan fingerprint density at radius 2 is 2.33 bits per heavy atom. The molecule has 110 valence electrons. The topological polar surface area (TPSA) is 55.8 Å². The largest absolute Gasteiger partial charge is 0.428 e. The van der Waals surface area contributed by atoms with E-state index >= 15 is 0 Å². The number of carbonyl (C=O) groups excluding carboxylic acids is 2. The van der Waals surface area contributed by atoms with Gasteiger partial charge in [-0.3, -0.25) is 9.69 Å². The number of carbonyl (C=O) groups is 2. The molecule has 0 fully saturated rings. The van der Waals surface area contributed by atoms with Crippen LogP contribution in [0.15, 0.2) is 24.3 Å². The van der Waals surface area contributed by atoms with Gasteiger partial charge in [0, 0.05) is 6.92 Å². The van der Waals surface area contributed by atoms with Crippen LogP contribution in [0.1, 0.15) is 30.5 Å². The Labute approximate surface area is 123 Å². The summed E-state index contributed by atoms with van der Waals surface area (Å²) in [7, 11) is 0. The molecule has 1 aromatic rings. The summed E-state index contributed by atoms with van der Waals surface area (Å²) in [5, 5.41) is 0. The molecule has 2 atom stereocenters. The summed E-state index contributed by atoms with van der Waals surface area (Å²) in [6.07, 6.45) is 5.54. The van der Waals surface area contributed by atoms with Gasteiger partial charge in [-0.2, -0.15) is 0 Å². The van der Waals surface area contributed by atoms with E-state index in [1.807, 2.05) is 24.3 Å². The number of benzene rings is 1. The van der Waals surface area contributed by atoms with E-state index < -0.39 is 12.4 Å². The first kappa shape index (κ1) is 14.9. The van der Waals surface area contributed by atoms with Gasteiger partial charge in [-0.25, -0.2) is 4.79 Å². The van der Waals surface area contributed by atoms with Crippen molar-refractivity contribution in [2.45, 2.75) is 32.1 Å². The Morgan fingerprint density at radius 1 is 1.57 bits per heavy atom. The highest BCUT2D eigenvalue weighted by Crippen LogP contribution is 2.35. The van der Waals surface area contributed by atoms with Crippen molar-refractivity contribution < 1.29 is 19.1 Å². The molecule has 0 saturated carbocycles. The third-order valence-electron chi connectivity index (χ3n) is 3.49. The van der Waals surface area contributed by atoms with Crippen LogP contribution in [0.25, 0.3) is 0 Å². The first-order valence-corrected chi connectivity index (χ1v) is 6.75. The molecule has 1 aromatic carbocycles. The SMILES string of the molecule is C#CCN(C(=O)OC(C)OC=O)C1CCc2ccccc21. The van der Waals surface area contributed by atoms with Gasteiger partial charge in [0.25, 0.3) is 6.47 Å². The molecule has 0 radical (unpaired) electrons. The van der Waals surface area contributed by atoms with Crippen molar-refractivity contribution in [3.63, 3.8) is 0 Å². The average molecular weight is 287 g/mol. The summed E-state index contributed by atoms with van der Waals surface area (Å²) < 4.78 is 9.64. The second kappa shape index (κ2) is 6.80. The lowest BCUT2D eigenvalue weighted by Crippen LogP contribution is -2.37. The van der Waals surface area contributed by atoms with Crippen molar-refractivity contribution in [2.24, 2.45) is 0 Å². The standard InChI is InChI=1S/C16H17NO4/c1-3-10-17(16(19)21-12(2)20-11-18)15-9-8-13-6-4-5-7-14(13)15/h1,4-7,11-12,15H,8-10H2,2H3. The van der Waals surface area contributed by atoms with Crippen LogP contribution in [-0.2, 0) is 20.7 Å². The van der Waals surface area contributed by atoms with Crippen molar-refractivity contribution in [1.29, 1.82) is 0 Å². The van der Waals surface area contributed by atoms with E-state index in [0.717, 1.165) is 18.4 Å². The van der Waals surface area contributed by atoms with Crippen molar-refractivity contribution >= 4 is 12.6 Å². The molecule has 1 aliphatic rings. The second-order valence-electron chi connectivity index (χ2n) is 4.77. The van der Waals surface area contributed by atoms with Crippen LogP contribution in [0.3, 0.4) is 0 Å². The fourth-order valence-electron chi connectivity index (χ4n) is 2.57. The molecule has 5 nitrogen and oxygen atoms in total. The molecule has 2 rings (SSSR count). The van der Waals surface area contributed by atoms with Crippen molar-refractivity contribution in [2.75, 3.05) is 6.54 Å². The molecule has 0 aliphatic heterocycles. The maximum absolute atomic E-state index is 12.2. The van der Waals surface area contributed by atoms with Crippen molar-refractivity contribution in [3.05, 3.63) is 35.4 Å². The van der Waals surface area contributed by atoms with E-state index in [2.05, 4.69) is 10.7 Å². The normalized spacial score (nSPS) is 17.2. The predicted molar refractivity (Wildman–Crippen MR) is 76.1 cm³/mol. The van der Waals surface area contributed by atoms with Crippen LogP contribution < -0.4 is 0 Å². The van der Waals surface area contributed by atoms with E-state index in [0.29, 0.717) is 0 Å². The number of rotatable bonds is 5. The summed E-state index contributed by atoms with van der Waals surface area (Å²) in [6.45, 7) is 1.86. The fraction of sp³-hybridized carbons (Fsp3) is 0.375. The molecular formula is C16H17NO4. The number of amides is 1. The fourth-order valence-corrected chi connectivity index (χ4v) is 2.57. The first-order chi connectivity index (χ1) is 10.2. The Bertz CT molecular complexity index is 564. The number of hydrogen-bond donors (Lipinski definition) is 0. The Kier molecular flexibility index (Phi) is 4.83. The monoisotopic (exact) mass is 287 g/mol. The van der Waals surface area contributed by atoms with Crippen molar-refractivity contribution in [1.82, 2.24) is 4.90 Å². The molecule has 0 heterocycles. The third kappa shape index (κ3) is 3.34. The molecule has 0 aromatic heterocycles. The molecule has 21 heavy (non-hydrogen) atoms. The summed E-state index contributed by atoms with van der Waals surface area (Å²) >= 11 is 0. The lowest BCUT2D eigenvalue weighted by atomic mass is 10.1. The molecule has 0 bridgehead atoms. The minimum atomic E-state index is -0.938. The van der Waals surface area contributed by atoms with Gasteiger partial charge in [-0.1, -0.05) is 30.2 Å². The number of hydrogen-bond acceptors (Lipinski definition) is 4. The predicted octanol–water partition coefficient (Wildman–Crippen LogP) is 2.26.